The smallest absolute Gasteiger partial charge is 0.354 e. The summed E-state index contributed by atoms with van der Waals surface area (Å²) >= 11 is 6.21. The number of benzene rings is 1. The molecule has 0 spiro atoms. The number of aromatic nitrogens is 1. The number of halogens is 1. The predicted molar refractivity (Wildman–Crippen MR) is 113 cm³/mol. The molecule has 6 nitrogen and oxygen atoms in total. The Labute approximate surface area is 176 Å². The SMILES string of the molecule is COC(=O)c1c(C)c(C(=O)[C@@H](C)N(C(=O)c2ccccc2Cl)C(C)C)c(C)n1C. The van der Waals surface area contributed by atoms with Crippen LogP contribution in [0.4, 0.5) is 0 Å². The minimum Gasteiger partial charge on any atom is -0.464 e. The number of esters is 1. The third-order valence-corrected chi connectivity index (χ3v) is 5.58. The van der Waals surface area contributed by atoms with E-state index in [0.29, 0.717) is 33.1 Å². The molecule has 0 unspecified atom stereocenters. The van der Waals surface area contributed by atoms with Gasteiger partial charge in [-0.3, -0.25) is 9.59 Å². The summed E-state index contributed by atoms with van der Waals surface area (Å²) in [5, 5.41) is 0.336. The Morgan fingerprint density at radius 1 is 1.10 bits per heavy atom. The molecule has 1 aromatic carbocycles. The van der Waals surface area contributed by atoms with Crippen LogP contribution in [0.1, 0.15) is 63.2 Å². The van der Waals surface area contributed by atoms with Crippen LogP contribution in [0.3, 0.4) is 0 Å². The van der Waals surface area contributed by atoms with Crippen LogP contribution in [0.25, 0.3) is 0 Å². The van der Waals surface area contributed by atoms with Crippen LogP contribution in [-0.4, -0.2) is 46.3 Å². The Hall–Kier alpha value is -2.60. The van der Waals surface area contributed by atoms with Crippen molar-refractivity contribution in [2.75, 3.05) is 7.11 Å². The van der Waals surface area contributed by atoms with Crippen LogP contribution in [-0.2, 0) is 11.8 Å². The molecule has 0 aliphatic rings. The highest BCUT2D eigenvalue weighted by Crippen LogP contribution is 2.26. The van der Waals surface area contributed by atoms with E-state index < -0.39 is 12.0 Å². The van der Waals surface area contributed by atoms with E-state index >= 15 is 0 Å². The largest absolute Gasteiger partial charge is 0.464 e. The molecule has 7 heteroatoms. The average Bonchev–Trinajstić information content (AvgIpc) is 2.89. The summed E-state index contributed by atoms with van der Waals surface area (Å²) in [6.45, 7) is 8.89. The Bertz CT molecular complexity index is 962. The highest BCUT2D eigenvalue weighted by molar-refractivity contribution is 6.33. The Kier molecular flexibility index (Phi) is 6.90. The van der Waals surface area contributed by atoms with Crippen LogP contribution in [0.5, 0.6) is 0 Å². The van der Waals surface area contributed by atoms with Gasteiger partial charge in [-0.05, 0) is 52.3 Å². The van der Waals surface area contributed by atoms with E-state index in [1.54, 1.807) is 56.7 Å². The van der Waals surface area contributed by atoms with Crippen molar-refractivity contribution in [1.29, 1.82) is 0 Å². The number of hydrogen-bond donors (Lipinski definition) is 0. The van der Waals surface area contributed by atoms with Crippen molar-refractivity contribution in [3.05, 3.63) is 57.4 Å². The second-order valence-corrected chi connectivity index (χ2v) is 7.72. The zero-order valence-electron chi connectivity index (χ0n) is 17.9. The van der Waals surface area contributed by atoms with Crippen LogP contribution < -0.4 is 0 Å². The van der Waals surface area contributed by atoms with Crippen molar-refractivity contribution in [1.82, 2.24) is 9.47 Å². The number of ether oxygens (including phenoxy) is 1. The number of nitrogens with zero attached hydrogens (tertiary/aromatic N) is 2. The molecular formula is C22H27ClN2O4. The topological polar surface area (TPSA) is 68.6 Å². The van der Waals surface area contributed by atoms with Gasteiger partial charge in [0.1, 0.15) is 5.69 Å². The summed E-state index contributed by atoms with van der Waals surface area (Å²) < 4.78 is 6.50. The van der Waals surface area contributed by atoms with Gasteiger partial charge >= 0.3 is 5.97 Å². The average molecular weight is 419 g/mol. The Morgan fingerprint density at radius 3 is 2.21 bits per heavy atom. The third kappa shape index (κ3) is 4.08. The molecule has 2 rings (SSSR count). The number of Topliss-reactive ketones (excluding diaryl/α,β-unsaturated/α-hetero) is 1. The van der Waals surface area contributed by atoms with Crippen LogP contribution in [0.15, 0.2) is 24.3 Å². The molecule has 0 fully saturated rings. The van der Waals surface area contributed by atoms with Crippen molar-refractivity contribution >= 4 is 29.3 Å². The fourth-order valence-electron chi connectivity index (χ4n) is 3.69. The lowest BCUT2D eigenvalue weighted by atomic mass is 9.98. The van der Waals surface area contributed by atoms with Crippen LogP contribution in [0.2, 0.25) is 5.02 Å². The first-order chi connectivity index (χ1) is 13.5. The quantitative estimate of drug-likeness (QED) is 0.520. The van der Waals surface area contributed by atoms with Gasteiger partial charge < -0.3 is 14.2 Å². The molecule has 0 bridgehead atoms. The fraction of sp³-hybridized carbons (Fsp3) is 0.409. The molecule has 1 aromatic heterocycles. The standard InChI is InChI=1S/C22H27ClN2O4/c1-12(2)25(21(27)16-10-8-9-11-17(16)23)15(5)20(26)18-13(3)19(22(28)29-7)24(6)14(18)4/h8-12,15H,1-7H3/t15-/m1/s1. The van der Waals surface area contributed by atoms with Gasteiger partial charge in [-0.25, -0.2) is 4.79 Å². The first-order valence-electron chi connectivity index (χ1n) is 9.40. The van der Waals surface area contributed by atoms with Crippen molar-refractivity contribution in [2.24, 2.45) is 7.05 Å². The molecule has 1 atom stereocenters. The zero-order chi connectivity index (χ0) is 22.0. The van der Waals surface area contributed by atoms with Crippen molar-refractivity contribution in [3.8, 4) is 0 Å². The van der Waals surface area contributed by atoms with Gasteiger partial charge in [-0.2, -0.15) is 0 Å². The summed E-state index contributed by atoms with van der Waals surface area (Å²) in [5.74, 6) is -1.06. The lowest BCUT2D eigenvalue weighted by molar-refractivity contribution is 0.0565. The molecule has 2 aromatic rings. The third-order valence-electron chi connectivity index (χ3n) is 5.25. The molecule has 0 N–H and O–H groups in total. The summed E-state index contributed by atoms with van der Waals surface area (Å²) in [5.41, 5.74) is 2.29. The number of methoxy groups -OCH3 is 1. The number of amides is 1. The van der Waals surface area contributed by atoms with Gasteiger partial charge in [-0.15, -0.1) is 0 Å². The Balaban J connectivity index is 2.50. The highest BCUT2D eigenvalue weighted by atomic mass is 35.5. The molecule has 29 heavy (non-hydrogen) atoms. The van der Waals surface area contributed by atoms with E-state index in [9.17, 15) is 14.4 Å². The second kappa shape index (κ2) is 8.82. The normalized spacial score (nSPS) is 12.0. The number of carbonyl (C=O) groups excluding carboxylic acids is 3. The highest BCUT2D eigenvalue weighted by Gasteiger charge is 2.34. The van der Waals surface area contributed by atoms with Crippen LogP contribution >= 0.6 is 11.6 Å². The molecule has 0 aliphatic carbocycles. The van der Waals surface area contributed by atoms with Gasteiger partial charge in [0.05, 0.1) is 23.7 Å². The number of ketones is 1. The van der Waals surface area contributed by atoms with Crippen molar-refractivity contribution < 1.29 is 19.1 Å². The summed E-state index contributed by atoms with van der Waals surface area (Å²) in [6.07, 6.45) is 0. The van der Waals surface area contributed by atoms with Gasteiger partial charge in [-0.1, -0.05) is 23.7 Å². The first-order valence-corrected chi connectivity index (χ1v) is 9.77. The molecule has 0 saturated heterocycles. The van der Waals surface area contributed by atoms with Crippen molar-refractivity contribution in [3.63, 3.8) is 0 Å². The second-order valence-electron chi connectivity index (χ2n) is 7.31. The minimum absolute atomic E-state index is 0.234. The van der Waals surface area contributed by atoms with Gasteiger partial charge in [0, 0.05) is 24.3 Å². The van der Waals surface area contributed by atoms with Crippen LogP contribution in [0, 0.1) is 13.8 Å². The van der Waals surface area contributed by atoms with Crippen molar-refractivity contribution in [2.45, 2.75) is 46.7 Å². The maximum atomic E-state index is 13.4. The first kappa shape index (κ1) is 22.7. The minimum atomic E-state index is -0.746. The zero-order valence-corrected chi connectivity index (χ0v) is 18.6. The van der Waals surface area contributed by atoms with Gasteiger partial charge in [0.15, 0.2) is 5.78 Å². The van der Waals surface area contributed by atoms with E-state index in [2.05, 4.69) is 0 Å². The van der Waals surface area contributed by atoms with E-state index in [0.717, 1.165) is 0 Å². The number of rotatable bonds is 6. The lowest BCUT2D eigenvalue weighted by Crippen LogP contribution is -2.47. The van der Waals surface area contributed by atoms with E-state index in [4.69, 9.17) is 16.3 Å². The van der Waals surface area contributed by atoms with E-state index in [1.165, 1.54) is 12.0 Å². The number of hydrogen-bond acceptors (Lipinski definition) is 4. The summed E-state index contributed by atoms with van der Waals surface area (Å²) in [6, 6.07) is 5.79. The maximum absolute atomic E-state index is 13.4. The molecule has 0 radical (unpaired) electrons. The molecule has 1 amide bonds. The molecule has 0 saturated carbocycles. The molecule has 0 aliphatic heterocycles. The van der Waals surface area contributed by atoms with Gasteiger partial charge in [0.25, 0.3) is 5.91 Å². The lowest BCUT2D eigenvalue weighted by Gasteiger charge is -2.32. The maximum Gasteiger partial charge on any atom is 0.354 e. The van der Waals surface area contributed by atoms with E-state index in [-0.39, 0.29) is 17.7 Å². The molecule has 1 heterocycles. The summed E-state index contributed by atoms with van der Waals surface area (Å²) in [4.78, 5) is 40.3. The molecular weight excluding hydrogens is 392 g/mol. The van der Waals surface area contributed by atoms with E-state index in [1.807, 2.05) is 13.8 Å². The monoisotopic (exact) mass is 418 g/mol. The Morgan fingerprint density at radius 2 is 1.69 bits per heavy atom. The fourth-order valence-corrected chi connectivity index (χ4v) is 3.91. The molecule has 156 valence electrons. The predicted octanol–water partition coefficient (Wildman–Crippen LogP) is 4.20. The number of carbonyl (C=O) groups is 3. The summed E-state index contributed by atoms with van der Waals surface area (Å²) in [7, 11) is 3.02. The van der Waals surface area contributed by atoms with Gasteiger partial charge in [0.2, 0.25) is 0 Å².